The van der Waals surface area contributed by atoms with Gasteiger partial charge in [0.05, 0.1) is 11.6 Å². The number of hydrogen-bond donors (Lipinski definition) is 2. The third-order valence-electron chi connectivity index (χ3n) is 2.94. The fourth-order valence-corrected chi connectivity index (χ4v) is 1.85. The van der Waals surface area contributed by atoms with E-state index >= 15 is 0 Å². The van der Waals surface area contributed by atoms with Crippen molar-refractivity contribution in [3.05, 3.63) is 65.2 Å². The van der Waals surface area contributed by atoms with E-state index in [0.717, 1.165) is 17.8 Å². The van der Waals surface area contributed by atoms with Crippen LogP contribution in [-0.4, -0.2) is 19.0 Å². The summed E-state index contributed by atoms with van der Waals surface area (Å²) in [5, 5.41) is 14.1. The molecule has 0 spiro atoms. The van der Waals surface area contributed by atoms with Gasteiger partial charge in [0.1, 0.15) is 17.2 Å². The summed E-state index contributed by atoms with van der Waals surface area (Å²) in [6.07, 6.45) is 0. The summed E-state index contributed by atoms with van der Waals surface area (Å²) < 4.78 is 26.8. The molecule has 22 heavy (non-hydrogen) atoms. The van der Waals surface area contributed by atoms with Crippen molar-refractivity contribution in [2.45, 2.75) is 0 Å². The first kappa shape index (κ1) is 15.4. The van der Waals surface area contributed by atoms with Crippen LogP contribution < -0.4 is 10.6 Å². The predicted octanol–water partition coefficient (Wildman–Crippen LogP) is 2.68. The average Bonchev–Trinajstić information content (AvgIpc) is 2.52. The van der Waals surface area contributed by atoms with Crippen molar-refractivity contribution in [2.24, 2.45) is 0 Å². The number of nitrogens with one attached hydrogen (secondary N) is 2. The van der Waals surface area contributed by atoms with Crippen LogP contribution in [0.2, 0.25) is 0 Å². The normalized spacial score (nSPS) is 9.86. The van der Waals surface area contributed by atoms with Crippen LogP contribution in [0.1, 0.15) is 15.9 Å². The van der Waals surface area contributed by atoms with Gasteiger partial charge in [0.25, 0.3) is 5.91 Å². The minimum atomic E-state index is -0.891. The van der Waals surface area contributed by atoms with E-state index in [1.165, 1.54) is 6.07 Å². The number of amides is 1. The maximum atomic E-state index is 13.4. The van der Waals surface area contributed by atoms with Crippen molar-refractivity contribution in [3.8, 4) is 6.07 Å². The molecule has 0 aliphatic carbocycles. The van der Waals surface area contributed by atoms with Gasteiger partial charge in [-0.2, -0.15) is 5.26 Å². The topological polar surface area (TPSA) is 64.9 Å². The highest BCUT2D eigenvalue weighted by molar-refractivity contribution is 5.94. The molecule has 0 saturated carbocycles. The smallest absolute Gasteiger partial charge is 0.257 e. The van der Waals surface area contributed by atoms with E-state index in [-0.39, 0.29) is 6.54 Å². The van der Waals surface area contributed by atoms with Crippen molar-refractivity contribution in [1.82, 2.24) is 5.32 Å². The number of hydrogen-bond acceptors (Lipinski definition) is 3. The van der Waals surface area contributed by atoms with Crippen LogP contribution in [0.15, 0.2) is 42.5 Å². The minimum absolute atomic E-state index is 0.201. The van der Waals surface area contributed by atoms with E-state index < -0.39 is 23.1 Å². The first-order valence-corrected chi connectivity index (χ1v) is 6.58. The molecule has 0 unspecified atom stereocenters. The number of benzene rings is 2. The molecule has 0 atom stereocenters. The van der Waals surface area contributed by atoms with E-state index in [4.69, 9.17) is 5.26 Å². The van der Waals surface area contributed by atoms with Crippen molar-refractivity contribution in [1.29, 1.82) is 5.26 Å². The van der Waals surface area contributed by atoms with E-state index in [2.05, 4.69) is 10.6 Å². The Morgan fingerprint density at radius 2 is 1.68 bits per heavy atom. The SMILES string of the molecule is N#Cc1ccc(NCCNC(=O)c2c(F)cccc2F)cc1. The van der Waals surface area contributed by atoms with Gasteiger partial charge in [-0.1, -0.05) is 6.07 Å². The highest BCUT2D eigenvalue weighted by atomic mass is 19.1. The van der Waals surface area contributed by atoms with Gasteiger partial charge in [-0.15, -0.1) is 0 Å². The van der Waals surface area contributed by atoms with Gasteiger partial charge in [-0.05, 0) is 36.4 Å². The second-order valence-electron chi connectivity index (χ2n) is 4.47. The summed E-state index contributed by atoms with van der Waals surface area (Å²) >= 11 is 0. The largest absolute Gasteiger partial charge is 0.383 e. The molecule has 0 aliphatic rings. The molecule has 2 N–H and O–H groups in total. The summed E-state index contributed by atoms with van der Waals surface area (Å²) in [7, 11) is 0. The third kappa shape index (κ3) is 3.79. The molecule has 0 aliphatic heterocycles. The van der Waals surface area contributed by atoms with Gasteiger partial charge in [0.15, 0.2) is 0 Å². The molecule has 0 heterocycles. The number of nitriles is 1. The van der Waals surface area contributed by atoms with Gasteiger partial charge in [-0.3, -0.25) is 4.79 Å². The third-order valence-corrected chi connectivity index (χ3v) is 2.94. The summed E-state index contributed by atoms with van der Waals surface area (Å²) in [4.78, 5) is 11.7. The van der Waals surface area contributed by atoms with Crippen molar-refractivity contribution >= 4 is 11.6 Å². The zero-order valence-corrected chi connectivity index (χ0v) is 11.6. The number of carbonyl (C=O) groups is 1. The Morgan fingerprint density at radius 1 is 1.05 bits per heavy atom. The molecule has 4 nitrogen and oxygen atoms in total. The van der Waals surface area contributed by atoms with Crippen molar-refractivity contribution in [3.63, 3.8) is 0 Å². The van der Waals surface area contributed by atoms with Crippen LogP contribution in [0.4, 0.5) is 14.5 Å². The average molecular weight is 301 g/mol. The van der Waals surface area contributed by atoms with Crippen LogP contribution in [0, 0.1) is 23.0 Å². The van der Waals surface area contributed by atoms with Crippen molar-refractivity contribution < 1.29 is 13.6 Å². The monoisotopic (exact) mass is 301 g/mol. The van der Waals surface area contributed by atoms with Crippen LogP contribution >= 0.6 is 0 Å². The molecule has 2 aromatic carbocycles. The van der Waals surface area contributed by atoms with E-state index in [9.17, 15) is 13.6 Å². The van der Waals surface area contributed by atoms with E-state index in [0.29, 0.717) is 12.1 Å². The molecule has 112 valence electrons. The molecule has 0 radical (unpaired) electrons. The lowest BCUT2D eigenvalue weighted by molar-refractivity contribution is 0.0947. The molecule has 1 amide bonds. The zero-order chi connectivity index (χ0) is 15.9. The molecular weight excluding hydrogens is 288 g/mol. The van der Waals surface area contributed by atoms with Crippen LogP contribution in [0.5, 0.6) is 0 Å². The van der Waals surface area contributed by atoms with Gasteiger partial charge in [0, 0.05) is 18.8 Å². The van der Waals surface area contributed by atoms with Gasteiger partial charge >= 0.3 is 0 Å². The standard InChI is InChI=1S/C16H13F2N3O/c17-13-2-1-3-14(18)15(13)16(22)21-9-8-20-12-6-4-11(10-19)5-7-12/h1-7,20H,8-9H2,(H,21,22). The zero-order valence-electron chi connectivity index (χ0n) is 11.6. The Hall–Kier alpha value is -2.94. The summed E-state index contributed by atoms with van der Waals surface area (Å²) in [5.74, 6) is -2.58. The quantitative estimate of drug-likeness (QED) is 0.835. The predicted molar refractivity (Wildman–Crippen MR) is 78.3 cm³/mol. The van der Waals surface area contributed by atoms with E-state index in [1.807, 2.05) is 6.07 Å². The maximum absolute atomic E-state index is 13.4. The summed E-state index contributed by atoms with van der Waals surface area (Å²) in [6.45, 7) is 0.584. The fourth-order valence-electron chi connectivity index (χ4n) is 1.85. The summed E-state index contributed by atoms with van der Waals surface area (Å²) in [5.41, 5.74) is 0.750. The van der Waals surface area contributed by atoms with Crippen LogP contribution in [-0.2, 0) is 0 Å². The molecule has 6 heteroatoms. The number of anilines is 1. The molecular formula is C16H13F2N3O. The molecule has 0 saturated heterocycles. The Balaban J connectivity index is 1.83. The number of halogens is 2. The molecule has 2 aromatic rings. The molecule has 0 aromatic heterocycles. The highest BCUT2D eigenvalue weighted by Gasteiger charge is 2.15. The first-order valence-electron chi connectivity index (χ1n) is 6.58. The Kier molecular flexibility index (Phi) is 5.04. The lowest BCUT2D eigenvalue weighted by Crippen LogP contribution is -2.30. The number of nitrogens with zero attached hydrogens (tertiary/aromatic N) is 1. The lowest BCUT2D eigenvalue weighted by Gasteiger charge is -2.09. The Labute approximate surface area is 126 Å². The highest BCUT2D eigenvalue weighted by Crippen LogP contribution is 2.11. The Bertz CT molecular complexity index is 688. The molecule has 0 fully saturated rings. The van der Waals surface area contributed by atoms with Crippen molar-refractivity contribution in [2.75, 3.05) is 18.4 Å². The number of rotatable bonds is 5. The maximum Gasteiger partial charge on any atom is 0.257 e. The van der Waals surface area contributed by atoms with Crippen LogP contribution in [0.3, 0.4) is 0 Å². The minimum Gasteiger partial charge on any atom is -0.383 e. The Morgan fingerprint density at radius 3 is 2.27 bits per heavy atom. The second-order valence-corrected chi connectivity index (χ2v) is 4.47. The molecule has 0 bridgehead atoms. The summed E-state index contributed by atoms with van der Waals surface area (Å²) in [6, 6.07) is 12.1. The molecule has 2 rings (SSSR count). The first-order chi connectivity index (χ1) is 10.6. The van der Waals surface area contributed by atoms with Crippen LogP contribution in [0.25, 0.3) is 0 Å². The lowest BCUT2D eigenvalue weighted by atomic mass is 10.2. The van der Waals surface area contributed by atoms with Gasteiger partial charge in [-0.25, -0.2) is 8.78 Å². The number of carbonyl (C=O) groups excluding carboxylic acids is 1. The fraction of sp³-hybridized carbons (Fsp3) is 0.125. The van der Waals surface area contributed by atoms with E-state index in [1.54, 1.807) is 24.3 Å². The van der Waals surface area contributed by atoms with Gasteiger partial charge < -0.3 is 10.6 Å². The second kappa shape index (κ2) is 7.18. The van der Waals surface area contributed by atoms with Gasteiger partial charge in [0.2, 0.25) is 0 Å².